The highest BCUT2D eigenvalue weighted by Crippen LogP contribution is 2.79. The summed E-state index contributed by atoms with van der Waals surface area (Å²) in [7, 11) is 0. The normalized spacial score (nSPS) is 67.4. The summed E-state index contributed by atoms with van der Waals surface area (Å²) in [5.74, 6) is -0.942. The lowest BCUT2D eigenvalue weighted by atomic mass is 9.98. The predicted octanol–water partition coefficient (Wildman–Crippen LogP) is 3.51. The molecule has 0 aromatic carbocycles. The second kappa shape index (κ2) is 2.62. The molecule has 4 bridgehead atoms. The van der Waals surface area contributed by atoms with Crippen LogP contribution in [0.1, 0.15) is 40.5 Å². The SMILES string of the molecule is CC12CC3(C)OC(C)(CC(C)(O1)P3Br)O2. The van der Waals surface area contributed by atoms with Crippen LogP contribution in [0.3, 0.4) is 0 Å². The molecule has 4 heterocycles. The Hall–Kier alpha value is 0.790. The Morgan fingerprint density at radius 2 is 1.27 bits per heavy atom. The van der Waals surface area contributed by atoms with E-state index in [0.29, 0.717) is 0 Å². The lowest BCUT2D eigenvalue weighted by Gasteiger charge is -2.68. The van der Waals surface area contributed by atoms with E-state index in [4.69, 9.17) is 14.2 Å². The van der Waals surface area contributed by atoms with Crippen molar-refractivity contribution in [2.45, 2.75) is 62.8 Å². The number of hydrogen-bond acceptors (Lipinski definition) is 3. The van der Waals surface area contributed by atoms with Crippen molar-refractivity contribution >= 4 is 22.1 Å². The van der Waals surface area contributed by atoms with E-state index in [1.807, 2.05) is 13.8 Å². The zero-order valence-corrected chi connectivity index (χ0v) is 11.9. The largest absolute Gasteiger partial charge is 0.338 e. The molecule has 4 aliphatic heterocycles. The van der Waals surface area contributed by atoms with Crippen molar-refractivity contribution in [2.24, 2.45) is 0 Å². The summed E-state index contributed by atoms with van der Waals surface area (Å²) in [5, 5.41) is -0.245. The first-order valence-corrected chi connectivity index (χ1v) is 8.62. The molecule has 15 heavy (non-hydrogen) atoms. The van der Waals surface area contributed by atoms with Crippen molar-refractivity contribution in [3.8, 4) is 0 Å². The second-order valence-corrected chi connectivity index (χ2v) is 10.1. The van der Waals surface area contributed by atoms with Crippen LogP contribution in [0.4, 0.5) is 0 Å². The molecule has 5 heteroatoms. The average Bonchev–Trinajstić information content (AvgIpc) is 1.93. The molecular weight excluding hydrogens is 279 g/mol. The molecule has 0 spiro atoms. The maximum Gasteiger partial charge on any atom is 0.173 e. The van der Waals surface area contributed by atoms with Gasteiger partial charge in [0.05, 0.1) is 0 Å². The monoisotopic (exact) mass is 294 g/mol. The van der Waals surface area contributed by atoms with Gasteiger partial charge in [-0.2, -0.15) is 0 Å². The fourth-order valence-electron chi connectivity index (χ4n) is 3.56. The zero-order chi connectivity index (χ0) is 11.1. The predicted molar refractivity (Wildman–Crippen MR) is 62.0 cm³/mol. The molecule has 0 radical (unpaired) electrons. The lowest BCUT2D eigenvalue weighted by molar-refractivity contribution is -0.467. The molecule has 4 fully saturated rings. The number of ether oxygens (including phenoxy) is 3. The Morgan fingerprint density at radius 3 is 1.67 bits per heavy atom. The molecule has 0 amide bonds. The Morgan fingerprint density at radius 1 is 0.867 bits per heavy atom. The Kier molecular flexibility index (Phi) is 1.90. The minimum atomic E-state index is -0.471. The molecule has 0 aromatic heterocycles. The summed E-state index contributed by atoms with van der Waals surface area (Å²) in [5.41, 5.74) is 0. The van der Waals surface area contributed by atoms with Gasteiger partial charge in [-0.3, -0.25) is 0 Å². The first kappa shape index (κ1) is 10.9. The molecule has 0 saturated carbocycles. The highest BCUT2D eigenvalue weighted by molar-refractivity contribution is 9.39. The van der Waals surface area contributed by atoms with Crippen LogP contribution >= 0.6 is 22.1 Å². The summed E-state index contributed by atoms with van der Waals surface area (Å²) >= 11 is 3.80. The lowest BCUT2D eigenvalue weighted by Crippen LogP contribution is -2.70. The third-order valence-electron chi connectivity index (χ3n) is 3.43. The molecule has 4 unspecified atom stereocenters. The highest BCUT2D eigenvalue weighted by atomic mass is 79.9. The summed E-state index contributed by atoms with van der Waals surface area (Å²) in [6, 6.07) is 0. The smallest absolute Gasteiger partial charge is 0.173 e. The standard InChI is InChI=1S/C10H16BrO3P/c1-7-5-9(3)14-8(2,12-7)6-10(4,13-7)15(9)11/h5-6H2,1-4H3. The molecule has 4 aliphatic rings. The minimum Gasteiger partial charge on any atom is -0.338 e. The van der Waals surface area contributed by atoms with E-state index in [-0.39, 0.29) is 10.7 Å². The molecule has 86 valence electrons. The topological polar surface area (TPSA) is 27.7 Å². The van der Waals surface area contributed by atoms with Crippen LogP contribution in [-0.2, 0) is 14.2 Å². The fraction of sp³-hybridized carbons (Fsp3) is 1.00. The van der Waals surface area contributed by atoms with Gasteiger partial charge in [0.15, 0.2) is 11.6 Å². The first-order chi connectivity index (χ1) is 6.69. The van der Waals surface area contributed by atoms with E-state index in [9.17, 15) is 0 Å². The third-order valence-corrected chi connectivity index (χ3v) is 10.1. The van der Waals surface area contributed by atoms with Gasteiger partial charge in [-0.15, -0.1) is 0 Å². The summed E-state index contributed by atoms with van der Waals surface area (Å²) in [4.78, 5) is 0. The zero-order valence-electron chi connectivity index (χ0n) is 9.46. The van der Waals surface area contributed by atoms with Crippen LogP contribution in [0.2, 0.25) is 0 Å². The van der Waals surface area contributed by atoms with Crippen molar-refractivity contribution in [3.63, 3.8) is 0 Å². The van der Waals surface area contributed by atoms with Gasteiger partial charge in [0.2, 0.25) is 0 Å². The van der Waals surface area contributed by atoms with Crippen molar-refractivity contribution in [1.29, 1.82) is 0 Å². The van der Waals surface area contributed by atoms with Crippen LogP contribution in [0.25, 0.3) is 0 Å². The molecule has 3 nitrogen and oxygen atoms in total. The van der Waals surface area contributed by atoms with Gasteiger partial charge in [-0.05, 0) is 27.7 Å². The highest BCUT2D eigenvalue weighted by Gasteiger charge is 2.70. The second-order valence-electron chi connectivity index (χ2n) is 5.56. The van der Waals surface area contributed by atoms with Gasteiger partial charge >= 0.3 is 0 Å². The molecule has 4 saturated heterocycles. The van der Waals surface area contributed by atoms with Gasteiger partial charge in [0.25, 0.3) is 0 Å². The summed E-state index contributed by atoms with van der Waals surface area (Å²) in [6.45, 7) is 7.93. The van der Waals surface area contributed by atoms with Gasteiger partial charge in [-0.25, -0.2) is 0 Å². The van der Waals surface area contributed by atoms with Gasteiger partial charge < -0.3 is 14.2 Å². The van der Waals surface area contributed by atoms with Gasteiger partial charge in [-0.1, -0.05) is 15.5 Å². The first-order valence-electron chi connectivity index (χ1n) is 5.26. The van der Waals surface area contributed by atoms with Crippen molar-refractivity contribution in [1.82, 2.24) is 0 Å². The summed E-state index contributed by atoms with van der Waals surface area (Å²) < 4.78 is 18.2. The van der Waals surface area contributed by atoms with E-state index in [1.165, 1.54) is 0 Å². The maximum absolute atomic E-state index is 6.12. The van der Waals surface area contributed by atoms with Crippen molar-refractivity contribution in [3.05, 3.63) is 0 Å². The van der Waals surface area contributed by atoms with E-state index < -0.39 is 18.2 Å². The Labute approximate surface area is 99.3 Å². The van der Waals surface area contributed by atoms with E-state index in [1.54, 1.807) is 0 Å². The maximum atomic E-state index is 6.12. The molecule has 4 rings (SSSR count). The third kappa shape index (κ3) is 1.32. The number of halogens is 1. The number of hydrogen-bond donors (Lipinski definition) is 0. The molecule has 0 aliphatic carbocycles. The van der Waals surface area contributed by atoms with Crippen LogP contribution in [0.15, 0.2) is 0 Å². The fourth-order valence-corrected chi connectivity index (χ4v) is 7.14. The van der Waals surface area contributed by atoms with E-state index in [0.717, 1.165) is 12.8 Å². The van der Waals surface area contributed by atoms with Crippen LogP contribution < -0.4 is 0 Å². The Bertz CT molecular complexity index is 291. The molecular formula is C10H16BrO3P. The van der Waals surface area contributed by atoms with Crippen LogP contribution in [-0.4, -0.2) is 22.3 Å². The van der Waals surface area contributed by atoms with Gasteiger partial charge in [0.1, 0.15) is 10.7 Å². The number of rotatable bonds is 0. The van der Waals surface area contributed by atoms with Crippen molar-refractivity contribution < 1.29 is 14.2 Å². The summed E-state index contributed by atoms with van der Waals surface area (Å²) in [6.07, 6.45) is 1.62. The molecule has 0 N–H and O–H groups in total. The van der Waals surface area contributed by atoms with Crippen LogP contribution in [0, 0.1) is 0 Å². The van der Waals surface area contributed by atoms with Crippen molar-refractivity contribution in [2.75, 3.05) is 0 Å². The van der Waals surface area contributed by atoms with E-state index >= 15 is 0 Å². The Balaban J connectivity index is 2.12. The van der Waals surface area contributed by atoms with E-state index in [2.05, 4.69) is 29.3 Å². The minimum absolute atomic E-state index is 0.123. The van der Waals surface area contributed by atoms with Crippen LogP contribution in [0.5, 0.6) is 0 Å². The quantitative estimate of drug-likeness (QED) is 0.640. The average molecular weight is 295 g/mol. The molecule has 4 atom stereocenters. The molecule has 0 aromatic rings. The van der Waals surface area contributed by atoms with Gasteiger partial charge in [0, 0.05) is 19.5 Å².